The Balaban J connectivity index is 1.65. The van der Waals surface area contributed by atoms with E-state index < -0.39 is 16.4 Å². The normalized spacial score (nSPS) is 11.5. The number of nitro benzene ring substituents is 1. The molecule has 33 heavy (non-hydrogen) atoms. The molecule has 0 aliphatic carbocycles. The second kappa shape index (κ2) is 8.30. The van der Waals surface area contributed by atoms with Gasteiger partial charge in [0.2, 0.25) is 5.91 Å². The van der Waals surface area contributed by atoms with Crippen LogP contribution in [0.4, 0.5) is 11.5 Å². The summed E-state index contributed by atoms with van der Waals surface area (Å²) in [4.78, 5) is 40.3. The summed E-state index contributed by atoms with van der Waals surface area (Å²) in [5, 5.41) is 18.6. The first-order valence-corrected chi connectivity index (χ1v) is 10.2. The summed E-state index contributed by atoms with van der Waals surface area (Å²) in [6.07, 6.45) is 1.26. The van der Waals surface area contributed by atoms with E-state index >= 15 is 0 Å². The van der Waals surface area contributed by atoms with Gasteiger partial charge in [0.1, 0.15) is 12.4 Å². The third-order valence-corrected chi connectivity index (χ3v) is 5.08. The number of hydrogen-bond acceptors (Lipinski definition) is 6. The number of nitrogens with one attached hydrogen (secondary N) is 1. The monoisotopic (exact) mass is 446 g/mol. The number of carbonyl (C=O) groups is 1. The van der Waals surface area contributed by atoms with Crippen LogP contribution in [0.1, 0.15) is 26.5 Å². The molecule has 168 valence electrons. The van der Waals surface area contributed by atoms with Gasteiger partial charge >= 0.3 is 0 Å². The molecule has 0 atom stereocenters. The van der Waals surface area contributed by atoms with E-state index in [1.165, 1.54) is 24.5 Å². The Morgan fingerprint density at radius 3 is 2.52 bits per heavy atom. The lowest BCUT2D eigenvalue weighted by atomic mass is 9.92. The molecule has 2 aromatic heterocycles. The number of nitrogens with zero attached hydrogens (tertiary/aromatic N) is 5. The zero-order chi connectivity index (χ0) is 23.8. The summed E-state index contributed by atoms with van der Waals surface area (Å²) in [6.45, 7) is 5.76. The number of amides is 1. The average molecular weight is 446 g/mol. The summed E-state index contributed by atoms with van der Waals surface area (Å²) < 4.78 is 2.76. The third kappa shape index (κ3) is 4.49. The van der Waals surface area contributed by atoms with E-state index in [1.54, 1.807) is 10.7 Å². The number of hydrogen-bond donors (Lipinski definition) is 1. The second-order valence-electron chi connectivity index (χ2n) is 8.60. The van der Waals surface area contributed by atoms with Gasteiger partial charge in [0, 0.05) is 23.6 Å². The van der Waals surface area contributed by atoms with Crippen molar-refractivity contribution in [1.82, 2.24) is 19.3 Å². The fourth-order valence-corrected chi connectivity index (χ4v) is 3.31. The number of benzene rings is 2. The van der Waals surface area contributed by atoms with Crippen LogP contribution in [0, 0.1) is 10.1 Å². The van der Waals surface area contributed by atoms with Crippen molar-refractivity contribution >= 4 is 28.3 Å². The molecule has 4 rings (SSSR count). The Bertz CT molecular complexity index is 1420. The van der Waals surface area contributed by atoms with E-state index in [4.69, 9.17) is 0 Å². The Morgan fingerprint density at radius 2 is 1.85 bits per heavy atom. The lowest BCUT2D eigenvalue weighted by Gasteiger charge is -2.14. The maximum absolute atomic E-state index is 12.8. The summed E-state index contributed by atoms with van der Waals surface area (Å²) in [7, 11) is 0. The van der Waals surface area contributed by atoms with Crippen molar-refractivity contribution in [2.45, 2.75) is 32.7 Å². The molecule has 0 radical (unpaired) electrons. The van der Waals surface area contributed by atoms with Gasteiger partial charge in [0.05, 0.1) is 33.5 Å². The minimum Gasteiger partial charge on any atom is -0.309 e. The quantitative estimate of drug-likeness (QED) is 0.370. The Kier molecular flexibility index (Phi) is 5.50. The van der Waals surface area contributed by atoms with Crippen LogP contribution >= 0.6 is 0 Å². The Labute approximate surface area is 188 Å². The smallest absolute Gasteiger partial charge is 0.270 e. The standard InChI is InChI=1S/C23H22N6O4/c1-23(2,3)19-12-20(28(26-19)15-7-5-4-6-8-15)25-21(30)13-27-14-24-18-10-9-16(29(32)33)11-17(18)22(27)31/h4-12,14H,13H2,1-3H3,(H,25,30). The molecule has 0 aliphatic heterocycles. The summed E-state index contributed by atoms with van der Waals surface area (Å²) >= 11 is 0. The highest BCUT2D eigenvalue weighted by Gasteiger charge is 2.22. The van der Waals surface area contributed by atoms with E-state index in [9.17, 15) is 19.7 Å². The van der Waals surface area contributed by atoms with Gasteiger partial charge in [-0.1, -0.05) is 39.0 Å². The van der Waals surface area contributed by atoms with Crippen LogP contribution in [0.5, 0.6) is 0 Å². The van der Waals surface area contributed by atoms with Crippen molar-refractivity contribution < 1.29 is 9.72 Å². The average Bonchev–Trinajstić information content (AvgIpc) is 3.20. The lowest BCUT2D eigenvalue weighted by Crippen LogP contribution is -2.28. The van der Waals surface area contributed by atoms with Gasteiger partial charge in [0.25, 0.3) is 11.2 Å². The topological polar surface area (TPSA) is 125 Å². The number of non-ortho nitro benzene ring substituents is 1. The molecule has 10 nitrogen and oxygen atoms in total. The van der Waals surface area contributed by atoms with E-state index in [0.29, 0.717) is 11.3 Å². The number of para-hydroxylation sites is 1. The van der Waals surface area contributed by atoms with Crippen LogP contribution in [0.3, 0.4) is 0 Å². The molecule has 0 bridgehead atoms. The molecule has 1 N–H and O–H groups in total. The first kappa shape index (κ1) is 21.9. The van der Waals surface area contributed by atoms with Gasteiger partial charge in [-0.15, -0.1) is 0 Å². The molecule has 2 heterocycles. The molecule has 4 aromatic rings. The van der Waals surface area contributed by atoms with Gasteiger partial charge in [-0.25, -0.2) is 9.67 Å². The van der Waals surface area contributed by atoms with Crippen LogP contribution in [0.25, 0.3) is 16.6 Å². The van der Waals surface area contributed by atoms with Crippen molar-refractivity contribution in [2.24, 2.45) is 0 Å². The van der Waals surface area contributed by atoms with Crippen molar-refractivity contribution in [3.8, 4) is 5.69 Å². The molecule has 0 fully saturated rings. The van der Waals surface area contributed by atoms with Gasteiger partial charge in [-0.2, -0.15) is 5.10 Å². The van der Waals surface area contributed by atoms with Crippen LogP contribution in [-0.4, -0.2) is 30.2 Å². The van der Waals surface area contributed by atoms with Crippen molar-refractivity contribution in [1.29, 1.82) is 0 Å². The van der Waals surface area contributed by atoms with Gasteiger partial charge in [-0.3, -0.25) is 24.3 Å². The zero-order valence-electron chi connectivity index (χ0n) is 18.3. The van der Waals surface area contributed by atoms with Gasteiger partial charge in [0.15, 0.2) is 0 Å². The summed E-state index contributed by atoms with van der Waals surface area (Å²) in [5.74, 6) is 0.00906. The number of nitro groups is 1. The molecule has 0 saturated carbocycles. The molecular weight excluding hydrogens is 424 g/mol. The molecule has 0 saturated heterocycles. The molecular formula is C23H22N6O4. The highest BCUT2D eigenvalue weighted by molar-refractivity contribution is 5.90. The van der Waals surface area contributed by atoms with Crippen LogP contribution in [-0.2, 0) is 16.8 Å². The molecule has 10 heteroatoms. The maximum atomic E-state index is 12.8. The number of aromatic nitrogens is 4. The van der Waals surface area contributed by atoms with E-state index in [1.807, 2.05) is 51.1 Å². The van der Waals surface area contributed by atoms with Gasteiger partial charge < -0.3 is 5.32 Å². The molecule has 2 aromatic carbocycles. The fraction of sp³-hybridized carbons (Fsp3) is 0.217. The van der Waals surface area contributed by atoms with Crippen LogP contribution in [0.15, 0.2) is 65.7 Å². The van der Waals surface area contributed by atoms with Crippen LogP contribution < -0.4 is 10.9 Å². The summed E-state index contributed by atoms with van der Waals surface area (Å²) in [6, 6.07) is 15.0. The predicted molar refractivity (Wildman–Crippen MR) is 124 cm³/mol. The largest absolute Gasteiger partial charge is 0.309 e. The Morgan fingerprint density at radius 1 is 1.12 bits per heavy atom. The zero-order valence-corrected chi connectivity index (χ0v) is 18.3. The van der Waals surface area contributed by atoms with Crippen LogP contribution in [0.2, 0.25) is 0 Å². The molecule has 0 spiro atoms. The first-order chi connectivity index (χ1) is 15.6. The predicted octanol–water partition coefficient (Wildman–Crippen LogP) is 3.43. The van der Waals surface area contributed by atoms with Crippen molar-refractivity contribution in [3.05, 3.63) is 87.1 Å². The van der Waals surface area contributed by atoms with Crippen molar-refractivity contribution in [3.63, 3.8) is 0 Å². The Hall–Kier alpha value is -4.34. The van der Waals surface area contributed by atoms with E-state index in [-0.39, 0.29) is 23.0 Å². The molecule has 0 unspecified atom stereocenters. The number of anilines is 1. The minimum atomic E-state index is -0.583. The lowest BCUT2D eigenvalue weighted by molar-refractivity contribution is -0.384. The molecule has 0 aliphatic rings. The van der Waals surface area contributed by atoms with Gasteiger partial charge in [-0.05, 0) is 18.2 Å². The number of fused-ring (bicyclic) bond motifs is 1. The molecule has 1 amide bonds. The summed E-state index contributed by atoms with van der Waals surface area (Å²) in [5.41, 5.74) is 0.890. The highest BCUT2D eigenvalue weighted by Crippen LogP contribution is 2.26. The first-order valence-electron chi connectivity index (χ1n) is 10.2. The maximum Gasteiger partial charge on any atom is 0.270 e. The SMILES string of the molecule is CC(C)(C)c1cc(NC(=O)Cn2cnc3ccc([N+](=O)[O-])cc3c2=O)n(-c2ccccc2)n1. The highest BCUT2D eigenvalue weighted by atomic mass is 16.6. The van der Waals surface area contributed by atoms with E-state index in [0.717, 1.165) is 15.9 Å². The second-order valence-corrected chi connectivity index (χ2v) is 8.60. The fourth-order valence-electron chi connectivity index (χ4n) is 3.31. The minimum absolute atomic E-state index is 0.0730. The third-order valence-electron chi connectivity index (χ3n) is 5.08. The number of rotatable bonds is 5. The number of carbonyl (C=O) groups excluding carboxylic acids is 1. The van der Waals surface area contributed by atoms with E-state index in [2.05, 4.69) is 15.4 Å². The van der Waals surface area contributed by atoms with Crippen molar-refractivity contribution in [2.75, 3.05) is 5.32 Å².